The Morgan fingerprint density at radius 1 is 1.11 bits per heavy atom. The number of benzene rings is 1. The average molecular weight is 388 g/mol. The predicted molar refractivity (Wildman–Crippen MR) is 107 cm³/mol. The number of esters is 1. The van der Waals surface area contributed by atoms with E-state index in [2.05, 4.69) is 46.3 Å². The van der Waals surface area contributed by atoms with Crippen molar-refractivity contribution < 1.29 is 14.3 Å². The van der Waals surface area contributed by atoms with Crippen molar-refractivity contribution in [1.82, 2.24) is 9.80 Å². The molecule has 3 rings (SSSR count). The van der Waals surface area contributed by atoms with Crippen molar-refractivity contribution in [1.29, 1.82) is 0 Å². The van der Waals surface area contributed by atoms with Crippen LogP contribution in [0, 0.1) is 6.92 Å². The Kier molecular flexibility index (Phi) is 6.60. The Morgan fingerprint density at radius 2 is 1.81 bits per heavy atom. The third kappa shape index (κ3) is 5.15. The predicted octanol–water partition coefficient (Wildman–Crippen LogP) is 2.60. The molecule has 1 aliphatic rings. The molecule has 6 nitrogen and oxygen atoms in total. The van der Waals surface area contributed by atoms with Gasteiger partial charge in [-0.2, -0.15) is 0 Å². The first-order chi connectivity index (χ1) is 13.1. The van der Waals surface area contributed by atoms with Gasteiger partial charge in [0, 0.05) is 32.7 Å². The van der Waals surface area contributed by atoms with E-state index in [0.717, 1.165) is 32.7 Å². The highest BCUT2D eigenvalue weighted by molar-refractivity contribution is 7.12. The monoisotopic (exact) mass is 387 g/mol. The fraction of sp³-hybridized carbons (Fsp3) is 0.400. The van der Waals surface area contributed by atoms with E-state index in [9.17, 15) is 9.59 Å². The molecule has 1 fully saturated rings. The van der Waals surface area contributed by atoms with E-state index in [-0.39, 0.29) is 5.91 Å². The summed E-state index contributed by atoms with van der Waals surface area (Å²) < 4.78 is 4.74. The lowest BCUT2D eigenvalue weighted by Crippen LogP contribution is -2.48. The molecule has 0 radical (unpaired) electrons. The summed E-state index contributed by atoms with van der Waals surface area (Å²) in [5.74, 6) is -0.531. The van der Waals surface area contributed by atoms with Gasteiger partial charge in [-0.3, -0.25) is 14.6 Å². The molecule has 7 heteroatoms. The smallest absolute Gasteiger partial charge is 0.350 e. The number of carbonyl (C=O) groups excluding carboxylic acids is 2. The second kappa shape index (κ2) is 9.12. The number of hydrogen-bond acceptors (Lipinski definition) is 6. The van der Waals surface area contributed by atoms with Gasteiger partial charge in [0.1, 0.15) is 4.88 Å². The first-order valence-corrected chi connectivity index (χ1v) is 9.89. The summed E-state index contributed by atoms with van der Waals surface area (Å²) >= 11 is 1.26. The summed E-state index contributed by atoms with van der Waals surface area (Å²) in [5, 5.41) is 4.60. The Labute approximate surface area is 163 Å². The summed E-state index contributed by atoms with van der Waals surface area (Å²) in [6.45, 7) is 7.00. The van der Waals surface area contributed by atoms with Crippen molar-refractivity contribution >= 4 is 28.9 Å². The van der Waals surface area contributed by atoms with E-state index in [1.165, 1.54) is 29.6 Å². The van der Waals surface area contributed by atoms with Crippen LogP contribution in [0.1, 0.15) is 20.8 Å². The lowest BCUT2D eigenvalue weighted by Gasteiger charge is -2.34. The fourth-order valence-electron chi connectivity index (χ4n) is 3.19. The third-order valence-electron chi connectivity index (χ3n) is 4.80. The van der Waals surface area contributed by atoms with Gasteiger partial charge in [-0.25, -0.2) is 4.79 Å². The van der Waals surface area contributed by atoms with Crippen molar-refractivity contribution in [2.75, 3.05) is 45.2 Å². The van der Waals surface area contributed by atoms with Crippen molar-refractivity contribution in [3.05, 3.63) is 51.7 Å². The molecule has 1 N–H and O–H groups in total. The number of amides is 1. The second-order valence-corrected chi connectivity index (χ2v) is 7.60. The zero-order valence-electron chi connectivity index (χ0n) is 15.7. The molecule has 1 aromatic carbocycles. The van der Waals surface area contributed by atoms with Crippen molar-refractivity contribution in [3.63, 3.8) is 0 Å². The molecule has 2 aromatic rings. The maximum absolute atomic E-state index is 12.3. The maximum atomic E-state index is 12.3. The van der Waals surface area contributed by atoms with E-state index in [1.54, 1.807) is 11.4 Å². The van der Waals surface area contributed by atoms with Crippen LogP contribution in [-0.2, 0) is 16.1 Å². The van der Waals surface area contributed by atoms with Crippen LogP contribution in [0.15, 0.2) is 35.7 Å². The Balaban J connectivity index is 1.46. The minimum Gasteiger partial charge on any atom is -0.465 e. The van der Waals surface area contributed by atoms with Gasteiger partial charge < -0.3 is 10.1 Å². The average Bonchev–Trinajstić information content (AvgIpc) is 3.12. The number of thiophene rings is 1. The van der Waals surface area contributed by atoms with Gasteiger partial charge in [-0.05, 0) is 29.5 Å². The SMILES string of the molecule is COC(=O)c1sccc1NC(=O)CN1CCN(Cc2ccccc2C)CC1. The number of ether oxygens (including phenoxy) is 1. The molecule has 144 valence electrons. The van der Waals surface area contributed by atoms with E-state index in [0.29, 0.717) is 17.1 Å². The Bertz CT molecular complexity index is 797. The Hall–Kier alpha value is -2.22. The number of methoxy groups -OCH3 is 1. The molecule has 0 bridgehead atoms. The lowest BCUT2D eigenvalue weighted by atomic mass is 10.1. The highest BCUT2D eigenvalue weighted by atomic mass is 32.1. The first kappa shape index (κ1) is 19.5. The van der Waals surface area contributed by atoms with Crippen LogP contribution in [0.3, 0.4) is 0 Å². The standard InChI is InChI=1S/C20H25N3O3S/c1-15-5-3-4-6-16(15)13-22-8-10-23(11-9-22)14-18(24)21-17-7-12-27-19(17)20(25)26-2/h3-7,12H,8-11,13-14H2,1-2H3,(H,21,24). The van der Waals surface area contributed by atoms with Crippen LogP contribution in [-0.4, -0.2) is 61.5 Å². The molecule has 0 saturated carbocycles. The molecule has 1 amide bonds. The van der Waals surface area contributed by atoms with E-state index in [1.807, 2.05) is 0 Å². The summed E-state index contributed by atoms with van der Waals surface area (Å²) in [5.41, 5.74) is 3.20. The summed E-state index contributed by atoms with van der Waals surface area (Å²) in [6, 6.07) is 10.2. The number of hydrogen-bond donors (Lipinski definition) is 1. The first-order valence-electron chi connectivity index (χ1n) is 9.01. The van der Waals surface area contributed by atoms with Crippen molar-refractivity contribution in [2.24, 2.45) is 0 Å². The van der Waals surface area contributed by atoms with Crippen LogP contribution in [0.25, 0.3) is 0 Å². The minimum atomic E-state index is -0.426. The molecular formula is C20H25N3O3S. The number of nitrogens with zero attached hydrogens (tertiary/aromatic N) is 2. The number of aryl methyl sites for hydroxylation is 1. The molecule has 1 saturated heterocycles. The van der Waals surface area contributed by atoms with E-state index >= 15 is 0 Å². The van der Waals surface area contributed by atoms with Gasteiger partial charge in [0.15, 0.2) is 0 Å². The fourth-order valence-corrected chi connectivity index (χ4v) is 3.95. The molecule has 27 heavy (non-hydrogen) atoms. The molecule has 0 atom stereocenters. The highest BCUT2D eigenvalue weighted by Crippen LogP contribution is 2.23. The number of nitrogens with one attached hydrogen (secondary N) is 1. The van der Waals surface area contributed by atoms with Gasteiger partial charge in [-0.15, -0.1) is 11.3 Å². The van der Waals surface area contributed by atoms with Crippen LogP contribution < -0.4 is 5.32 Å². The number of piperazine rings is 1. The van der Waals surface area contributed by atoms with E-state index < -0.39 is 5.97 Å². The summed E-state index contributed by atoms with van der Waals surface area (Å²) in [6.07, 6.45) is 0. The quantitative estimate of drug-likeness (QED) is 0.772. The molecule has 2 heterocycles. The second-order valence-electron chi connectivity index (χ2n) is 6.68. The normalized spacial score (nSPS) is 15.5. The molecule has 1 aromatic heterocycles. The van der Waals surface area contributed by atoms with Gasteiger partial charge in [0.25, 0.3) is 0 Å². The number of anilines is 1. The van der Waals surface area contributed by atoms with Gasteiger partial charge in [-0.1, -0.05) is 24.3 Å². The van der Waals surface area contributed by atoms with Gasteiger partial charge >= 0.3 is 5.97 Å². The van der Waals surface area contributed by atoms with Crippen LogP contribution in [0.4, 0.5) is 5.69 Å². The van der Waals surface area contributed by atoms with Gasteiger partial charge in [0.05, 0.1) is 19.3 Å². The lowest BCUT2D eigenvalue weighted by molar-refractivity contribution is -0.117. The largest absolute Gasteiger partial charge is 0.465 e. The third-order valence-corrected chi connectivity index (χ3v) is 5.69. The van der Waals surface area contributed by atoms with Gasteiger partial charge in [0.2, 0.25) is 5.91 Å². The van der Waals surface area contributed by atoms with Crippen LogP contribution in [0.5, 0.6) is 0 Å². The van der Waals surface area contributed by atoms with Crippen molar-refractivity contribution in [3.8, 4) is 0 Å². The minimum absolute atomic E-state index is 0.106. The molecule has 0 spiro atoms. The number of rotatable bonds is 6. The maximum Gasteiger partial charge on any atom is 0.350 e. The molecular weight excluding hydrogens is 362 g/mol. The Morgan fingerprint density at radius 3 is 2.52 bits per heavy atom. The van der Waals surface area contributed by atoms with E-state index in [4.69, 9.17) is 4.74 Å². The van der Waals surface area contributed by atoms with Crippen LogP contribution >= 0.6 is 11.3 Å². The molecule has 0 unspecified atom stereocenters. The molecule has 0 aliphatic carbocycles. The number of carbonyl (C=O) groups is 2. The van der Waals surface area contributed by atoms with Crippen LogP contribution in [0.2, 0.25) is 0 Å². The summed E-state index contributed by atoms with van der Waals surface area (Å²) in [7, 11) is 1.34. The topological polar surface area (TPSA) is 61.9 Å². The van der Waals surface area contributed by atoms with Crippen molar-refractivity contribution in [2.45, 2.75) is 13.5 Å². The zero-order valence-corrected chi connectivity index (χ0v) is 16.6. The zero-order chi connectivity index (χ0) is 19.2. The summed E-state index contributed by atoms with van der Waals surface area (Å²) in [4.78, 5) is 29.0. The highest BCUT2D eigenvalue weighted by Gasteiger charge is 2.21. The molecule has 1 aliphatic heterocycles.